The first kappa shape index (κ1) is 26.1. The highest BCUT2D eigenvalue weighted by molar-refractivity contribution is 5.99. The maximum absolute atomic E-state index is 12.4. The second-order valence-corrected chi connectivity index (χ2v) is 9.40. The first-order chi connectivity index (χ1) is 19.0. The molecule has 2 N–H and O–H groups in total. The Morgan fingerprint density at radius 2 is 1.33 bits per heavy atom. The lowest BCUT2D eigenvalue weighted by Gasteiger charge is -2.36. The van der Waals surface area contributed by atoms with Crippen molar-refractivity contribution in [1.82, 2.24) is 29.7 Å². The van der Waals surface area contributed by atoms with Crippen LogP contribution in [0.4, 0.5) is 32.9 Å². The number of rotatable bonds is 5. The molecule has 2 aliphatic rings. The van der Waals surface area contributed by atoms with E-state index >= 15 is 0 Å². The Morgan fingerprint density at radius 1 is 0.769 bits per heavy atom. The second-order valence-electron chi connectivity index (χ2n) is 9.40. The van der Waals surface area contributed by atoms with E-state index in [4.69, 9.17) is 19.7 Å². The quantitative estimate of drug-likeness (QED) is 0.508. The summed E-state index contributed by atoms with van der Waals surface area (Å²) in [5.41, 5.74) is 2.09. The van der Waals surface area contributed by atoms with Crippen molar-refractivity contribution in [2.45, 2.75) is 0 Å². The average molecular weight is 533 g/mol. The van der Waals surface area contributed by atoms with Gasteiger partial charge >= 0.3 is 12.1 Å². The molecule has 4 heterocycles. The third kappa shape index (κ3) is 6.49. The summed E-state index contributed by atoms with van der Waals surface area (Å²) in [5.74, 6) is 1.72. The number of amides is 4. The minimum atomic E-state index is -0.349. The van der Waals surface area contributed by atoms with Gasteiger partial charge in [0.25, 0.3) is 0 Å². The monoisotopic (exact) mass is 532 g/mol. The Hall–Kier alpha value is -4.52. The van der Waals surface area contributed by atoms with E-state index in [-0.39, 0.29) is 12.1 Å². The van der Waals surface area contributed by atoms with Crippen molar-refractivity contribution in [3.63, 3.8) is 0 Å². The third-order valence-corrected chi connectivity index (χ3v) is 6.46. The summed E-state index contributed by atoms with van der Waals surface area (Å²) in [6.07, 6.45) is 3.23. The standard InChI is InChI=1S/C26H32N10O3/c1-33(2)26(38)36-13-11-34(12-14-36)23-30-22(31-24(32-23)35-15-17-39-18-16-35)19-3-5-20(6-4-19)28-25(37)29-21-7-9-27-10-8-21/h3-10H,11-18H2,1-2H3,(H2,27,28,29,37). The Kier molecular flexibility index (Phi) is 7.96. The molecule has 1 aromatic carbocycles. The molecule has 0 bridgehead atoms. The van der Waals surface area contributed by atoms with Crippen LogP contribution in [-0.2, 0) is 4.74 Å². The largest absolute Gasteiger partial charge is 0.378 e. The van der Waals surface area contributed by atoms with Gasteiger partial charge in [-0.25, -0.2) is 9.59 Å². The Balaban J connectivity index is 1.33. The number of nitrogens with zero attached hydrogens (tertiary/aromatic N) is 8. The van der Waals surface area contributed by atoms with Crippen LogP contribution in [0.5, 0.6) is 0 Å². The molecule has 0 atom stereocenters. The molecule has 2 aliphatic heterocycles. The molecule has 13 heteroatoms. The first-order valence-electron chi connectivity index (χ1n) is 12.8. The van der Waals surface area contributed by atoms with Gasteiger partial charge in [-0.05, 0) is 36.4 Å². The Labute approximate surface area is 226 Å². The van der Waals surface area contributed by atoms with Gasteiger partial charge in [0.05, 0.1) is 13.2 Å². The highest BCUT2D eigenvalue weighted by Crippen LogP contribution is 2.24. The van der Waals surface area contributed by atoms with E-state index in [2.05, 4.69) is 25.4 Å². The number of carbonyl (C=O) groups is 2. The van der Waals surface area contributed by atoms with Crippen LogP contribution in [0.25, 0.3) is 11.4 Å². The Morgan fingerprint density at radius 3 is 1.92 bits per heavy atom. The van der Waals surface area contributed by atoms with Crippen LogP contribution in [0.15, 0.2) is 48.8 Å². The molecule has 0 radical (unpaired) electrons. The maximum atomic E-state index is 12.4. The lowest BCUT2D eigenvalue weighted by Crippen LogP contribution is -2.52. The van der Waals surface area contributed by atoms with Crippen molar-refractivity contribution in [2.75, 3.05) is 87.0 Å². The molecule has 4 amide bonds. The van der Waals surface area contributed by atoms with Crippen LogP contribution in [-0.4, -0.2) is 108 Å². The fourth-order valence-corrected chi connectivity index (χ4v) is 4.34. The van der Waals surface area contributed by atoms with Crippen molar-refractivity contribution in [3.05, 3.63) is 48.8 Å². The topological polar surface area (TPSA) is 132 Å². The number of benzene rings is 1. The summed E-state index contributed by atoms with van der Waals surface area (Å²) in [7, 11) is 3.52. The molecule has 0 unspecified atom stereocenters. The number of aromatic nitrogens is 4. The second kappa shape index (κ2) is 11.9. The summed E-state index contributed by atoms with van der Waals surface area (Å²) in [4.78, 5) is 50.7. The lowest BCUT2D eigenvalue weighted by molar-refractivity contribution is 0.122. The van der Waals surface area contributed by atoms with Gasteiger partial charge in [-0.1, -0.05) is 0 Å². The van der Waals surface area contributed by atoms with Crippen LogP contribution < -0.4 is 20.4 Å². The summed E-state index contributed by atoms with van der Waals surface area (Å²) < 4.78 is 5.51. The molecule has 5 rings (SSSR count). The van der Waals surface area contributed by atoms with E-state index in [0.29, 0.717) is 81.6 Å². The van der Waals surface area contributed by atoms with E-state index < -0.39 is 0 Å². The fourth-order valence-electron chi connectivity index (χ4n) is 4.34. The number of hydrogen-bond donors (Lipinski definition) is 2. The molecular weight excluding hydrogens is 500 g/mol. The van der Waals surface area contributed by atoms with Crippen molar-refractivity contribution in [3.8, 4) is 11.4 Å². The first-order valence-corrected chi connectivity index (χ1v) is 12.8. The molecule has 0 spiro atoms. The average Bonchev–Trinajstić information content (AvgIpc) is 2.98. The van der Waals surface area contributed by atoms with E-state index in [0.717, 1.165) is 5.56 Å². The van der Waals surface area contributed by atoms with Gasteiger partial charge in [0.1, 0.15) is 0 Å². The van der Waals surface area contributed by atoms with Crippen LogP contribution in [0, 0.1) is 0 Å². The van der Waals surface area contributed by atoms with Crippen LogP contribution >= 0.6 is 0 Å². The van der Waals surface area contributed by atoms with Crippen LogP contribution in [0.2, 0.25) is 0 Å². The smallest absolute Gasteiger partial charge is 0.323 e. The number of anilines is 4. The predicted octanol–water partition coefficient (Wildman–Crippen LogP) is 2.22. The molecular formula is C26H32N10O3. The number of urea groups is 2. The Bertz CT molecular complexity index is 1270. The number of ether oxygens (including phenoxy) is 1. The molecule has 13 nitrogen and oxygen atoms in total. The zero-order chi connectivity index (χ0) is 27.2. The highest BCUT2D eigenvalue weighted by atomic mass is 16.5. The lowest BCUT2D eigenvalue weighted by atomic mass is 10.2. The number of nitrogens with one attached hydrogen (secondary N) is 2. The molecule has 3 aromatic rings. The fraction of sp³-hybridized carbons (Fsp3) is 0.385. The van der Waals surface area contributed by atoms with Gasteiger partial charge in [-0.2, -0.15) is 15.0 Å². The van der Waals surface area contributed by atoms with E-state index in [9.17, 15) is 9.59 Å². The summed E-state index contributed by atoms with van der Waals surface area (Å²) >= 11 is 0. The molecule has 2 saturated heterocycles. The minimum Gasteiger partial charge on any atom is -0.378 e. The number of morpholine rings is 1. The third-order valence-electron chi connectivity index (χ3n) is 6.46. The zero-order valence-corrected chi connectivity index (χ0v) is 22.1. The van der Waals surface area contributed by atoms with Crippen molar-refractivity contribution in [2.24, 2.45) is 0 Å². The van der Waals surface area contributed by atoms with E-state index in [1.165, 1.54) is 0 Å². The normalized spacial score (nSPS) is 15.6. The summed E-state index contributed by atoms with van der Waals surface area (Å²) in [6.45, 7) is 5.06. The molecule has 0 saturated carbocycles. The van der Waals surface area contributed by atoms with Crippen molar-refractivity contribution < 1.29 is 14.3 Å². The molecule has 39 heavy (non-hydrogen) atoms. The van der Waals surface area contributed by atoms with Crippen LogP contribution in [0.1, 0.15) is 0 Å². The van der Waals surface area contributed by atoms with Gasteiger partial charge in [0.15, 0.2) is 5.82 Å². The van der Waals surface area contributed by atoms with Gasteiger partial charge in [0.2, 0.25) is 11.9 Å². The van der Waals surface area contributed by atoms with Gasteiger partial charge in [-0.3, -0.25) is 4.98 Å². The van der Waals surface area contributed by atoms with Crippen molar-refractivity contribution >= 4 is 35.3 Å². The number of carbonyl (C=O) groups excluding carboxylic acids is 2. The molecule has 0 aliphatic carbocycles. The molecule has 204 valence electrons. The van der Waals surface area contributed by atoms with Gasteiger partial charge in [-0.15, -0.1) is 0 Å². The van der Waals surface area contributed by atoms with E-state index in [1.807, 2.05) is 29.2 Å². The SMILES string of the molecule is CN(C)C(=O)N1CCN(c2nc(-c3ccc(NC(=O)Nc4ccncc4)cc3)nc(N3CCOCC3)n2)CC1. The number of hydrogen-bond acceptors (Lipinski definition) is 9. The van der Waals surface area contributed by atoms with Crippen LogP contribution in [0.3, 0.4) is 0 Å². The predicted molar refractivity (Wildman–Crippen MR) is 148 cm³/mol. The van der Waals surface area contributed by atoms with Crippen molar-refractivity contribution in [1.29, 1.82) is 0 Å². The molecule has 2 aromatic heterocycles. The molecule has 2 fully saturated rings. The highest BCUT2D eigenvalue weighted by Gasteiger charge is 2.26. The van der Waals surface area contributed by atoms with Gasteiger partial charge in [0, 0.05) is 82.7 Å². The maximum Gasteiger partial charge on any atom is 0.323 e. The number of pyridine rings is 1. The minimum absolute atomic E-state index is 0.00292. The number of piperazine rings is 1. The summed E-state index contributed by atoms with van der Waals surface area (Å²) in [5, 5.41) is 5.60. The zero-order valence-electron chi connectivity index (χ0n) is 22.1. The van der Waals surface area contributed by atoms with Gasteiger partial charge < -0.3 is 35.0 Å². The van der Waals surface area contributed by atoms with E-state index in [1.54, 1.807) is 43.5 Å². The summed E-state index contributed by atoms with van der Waals surface area (Å²) in [6, 6.07) is 10.5.